The van der Waals surface area contributed by atoms with Crippen LogP contribution in [0.5, 0.6) is 0 Å². The van der Waals surface area contributed by atoms with Crippen LogP contribution in [-0.2, 0) is 16.0 Å². The molecule has 6 heteroatoms. The molecule has 0 saturated carbocycles. The van der Waals surface area contributed by atoms with Gasteiger partial charge in [0.1, 0.15) is 11.9 Å². The summed E-state index contributed by atoms with van der Waals surface area (Å²) in [5, 5.41) is 12.3. The van der Waals surface area contributed by atoms with E-state index >= 15 is 0 Å². The number of fused-ring (bicyclic) bond motifs is 2. The standard InChI is InChI=1S/C37H51N3O3/c1-2-3-4-5-6-7-8-9-10-11-12-13-14-15-16-25-36(41)40(35-27-29-21-17-19-23-32(29)39-35)34(37(42)43)26-30-28-38-33-24-20-18-22-31(30)33/h17-24,27-28,34,38-39H,2-16,25-26H2,1H3,(H,42,43)/t34-/m0/s1. The van der Waals surface area contributed by atoms with Gasteiger partial charge in [-0.05, 0) is 30.2 Å². The number of anilines is 1. The number of rotatable bonds is 21. The van der Waals surface area contributed by atoms with Crippen molar-refractivity contribution in [1.29, 1.82) is 0 Å². The summed E-state index contributed by atoms with van der Waals surface area (Å²) in [5.74, 6) is -0.610. The third-order valence-electron chi connectivity index (χ3n) is 8.72. The first-order valence-electron chi connectivity index (χ1n) is 16.8. The number of carboxylic acid groups (broad SMARTS) is 1. The molecule has 1 amide bonds. The number of para-hydroxylation sites is 2. The van der Waals surface area contributed by atoms with E-state index in [0.29, 0.717) is 12.2 Å². The van der Waals surface area contributed by atoms with E-state index in [1.165, 1.54) is 81.9 Å². The van der Waals surface area contributed by atoms with Gasteiger partial charge in [0.05, 0.1) is 0 Å². The lowest BCUT2D eigenvalue weighted by Gasteiger charge is -2.28. The lowest BCUT2D eigenvalue weighted by molar-refractivity contribution is -0.140. The van der Waals surface area contributed by atoms with Crippen molar-refractivity contribution >= 4 is 39.5 Å². The number of hydrogen-bond donors (Lipinski definition) is 3. The van der Waals surface area contributed by atoms with Crippen LogP contribution < -0.4 is 4.90 Å². The Morgan fingerprint density at radius 1 is 0.744 bits per heavy atom. The van der Waals surface area contributed by atoms with Crippen molar-refractivity contribution in [2.45, 2.75) is 122 Å². The average Bonchev–Trinajstić information content (AvgIpc) is 3.63. The SMILES string of the molecule is CCCCCCCCCCCCCCCCCC(=O)N(c1cc2ccccc2[nH]1)[C@@H](Cc1c[nH]c2ccccc12)C(=O)O. The van der Waals surface area contributed by atoms with Gasteiger partial charge in [0.2, 0.25) is 5.91 Å². The van der Waals surface area contributed by atoms with E-state index in [1.54, 1.807) is 0 Å². The molecule has 43 heavy (non-hydrogen) atoms. The maximum Gasteiger partial charge on any atom is 0.327 e. The molecule has 0 aliphatic rings. The van der Waals surface area contributed by atoms with Crippen LogP contribution in [-0.4, -0.2) is 33.0 Å². The first kappa shape index (κ1) is 32.4. The summed E-state index contributed by atoms with van der Waals surface area (Å²) < 4.78 is 0. The molecule has 0 unspecified atom stereocenters. The maximum atomic E-state index is 13.7. The highest BCUT2D eigenvalue weighted by molar-refractivity contribution is 6.01. The van der Waals surface area contributed by atoms with Crippen LogP contribution in [0.25, 0.3) is 21.8 Å². The highest BCUT2D eigenvalue weighted by atomic mass is 16.4. The zero-order valence-corrected chi connectivity index (χ0v) is 26.1. The highest BCUT2D eigenvalue weighted by Crippen LogP contribution is 2.28. The first-order valence-corrected chi connectivity index (χ1v) is 16.8. The van der Waals surface area contributed by atoms with Crippen molar-refractivity contribution in [3.05, 3.63) is 66.4 Å². The predicted octanol–water partition coefficient (Wildman–Crippen LogP) is 9.94. The van der Waals surface area contributed by atoms with Gasteiger partial charge in [-0.2, -0.15) is 0 Å². The van der Waals surface area contributed by atoms with Gasteiger partial charge in [-0.15, -0.1) is 0 Å². The van der Waals surface area contributed by atoms with Gasteiger partial charge < -0.3 is 15.1 Å². The topological polar surface area (TPSA) is 89.2 Å². The number of carboxylic acids is 1. The van der Waals surface area contributed by atoms with Crippen molar-refractivity contribution < 1.29 is 14.7 Å². The predicted molar refractivity (Wildman–Crippen MR) is 179 cm³/mol. The molecule has 0 saturated heterocycles. The fourth-order valence-corrected chi connectivity index (χ4v) is 6.23. The van der Waals surface area contributed by atoms with Crippen molar-refractivity contribution in [3.63, 3.8) is 0 Å². The smallest absolute Gasteiger partial charge is 0.327 e. The number of nitrogens with one attached hydrogen (secondary N) is 2. The second-order valence-corrected chi connectivity index (χ2v) is 12.1. The second kappa shape index (κ2) is 17.5. The van der Waals surface area contributed by atoms with E-state index in [4.69, 9.17) is 0 Å². The Kier molecular flexibility index (Phi) is 13.2. The van der Waals surface area contributed by atoms with Crippen molar-refractivity contribution in [3.8, 4) is 0 Å². The molecule has 232 valence electrons. The van der Waals surface area contributed by atoms with Crippen LogP contribution in [0.15, 0.2) is 60.8 Å². The molecule has 0 spiro atoms. The summed E-state index contributed by atoms with van der Waals surface area (Å²) in [6.07, 6.45) is 21.4. The van der Waals surface area contributed by atoms with Crippen molar-refractivity contribution in [2.24, 2.45) is 0 Å². The molecule has 0 aliphatic heterocycles. The second-order valence-electron chi connectivity index (χ2n) is 12.1. The number of H-pyrrole nitrogens is 2. The number of benzene rings is 2. The van der Waals surface area contributed by atoms with Gasteiger partial charge in [-0.3, -0.25) is 9.69 Å². The van der Waals surface area contributed by atoms with Gasteiger partial charge in [0.25, 0.3) is 0 Å². The van der Waals surface area contributed by atoms with Gasteiger partial charge in [0, 0.05) is 40.8 Å². The van der Waals surface area contributed by atoms with Crippen LogP contribution in [0.2, 0.25) is 0 Å². The molecule has 2 aromatic heterocycles. The molecule has 1 atom stereocenters. The largest absolute Gasteiger partial charge is 0.480 e. The third-order valence-corrected chi connectivity index (χ3v) is 8.72. The quantitative estimate of drug-likeness (QED) is 0.0850. The fraction of sp³-hybridized carbons (Fsp3) is 0.514. The zero-order chi connectivity index (χ0) is 30.3. The monoisotopic (exact) mass is 585 g/mol. The number of aromatic nitrogens is 2. The Balaban J connectivity index is 1.27. The Morgan fingerprint density at radius 3 is 1.91 bits per heavy atom. The molecular formula is C37H51N3O3. The average molecular weight is 586 g/mol. The van der Waals surface area contributed by atoms with E-state index in [1.807, 2.05) is 60.8 Å². The maximum absolute atomic E-state index is 13.7. The molecule has 2 heterocycles. The van der Waals surface area contributed by atoms with E-state index < -0.39 is 12.0 Å². The normalized spacial score (nSPS) is 12.2. The number of aliphatic carboxylic acids is 1. The summed E-state index contributed by atoms with van der Waals surface area (Å²) in [5.41, 5.74) is 2.74. The fourth-order valence-electron chi connectivity index (χ4n) is 6.23. The van der Waals surface area contributed by atoms with Gasteiger partial charge in [-0.1, -0.05) is 133 Å². The zero-order valence-electron chi connectivity index (χ0n) is 26.1. The van der Waals surface area contributed by atoms with E-state index in [2.05, 4.69) is 16.9 Å². The summed E-state index contributed by atoms with van der Waals surface area (Å²) in [6, 6.07) is 16.6. The summed E-state index contributed by atoms with van der Waals surface area (Å²) in [4.78, 5) is 34.5. The molecule has 3 N–H and O–H groups in total. The summed E-state index contributed by atoms with van der Waals surface area (Å²) in [7, 11) is 0. The van der Waals surface area contributed by atoms with Crippen LogP contribution in [0.1, 0.15) is 115 Å². The minimum atomic E-state index is -1.02. The molecule has 2 aromatic carbocycles. The number of hydrogen-bond acceptors (Lipinski definition) is 2. The molecule has 4 aromatic rings. The van der Waals surface area contributed by atoms with Crippen LogP contribution in [0.3, 0.4) is 0 Å². The molecule has 0 fully saturated rings. The molecule has 6 nitrogen and oxygen atoms in total. The van der Waals surface area contributed by atoms with Crippen LogP contribution >= 0.6 is 0 Å². The van der Waals surface area contributed by atoms with Crippen molar-refractivity contribution in [1.82, 2.24) is 9.97 Å². The molecule has 0 aliphatic carbocycles. The highest BCUT2D eigenvalue weighted by Gasteiger charge is 2.32. The van der Waals surface area contributed by atoms with Crippen LogP contribution in [0, 0.1) is 0 Å². The lowest BCUT2D eigenvalue weighted by atomic mass is 10.0. The Bertz CT molecular complexity index is 1370. The van der Waals surface area contributed by atoms with Crippen LogP contribution in [0.4, 0.5) is 5.82 Å². The van der Waals surface area contributed by atoms with Crippen molar-refractivity contribution in [2.75, 3.05) is 4.90 Å². The number of aromatic amines is 2. The Hall–Kier alpha value is -3.54. The molecule has 0 radical (unpaired) electrons. The Morgan fingerprint density at radius 2 is 1.30 bits per heavy atom. The van der Waals surface area contributed by atoms with Gasteiger partial charge in [-0.25, -0.2) is 4.79 Å². The van der Waals surface area contributed by atoms with E-state index in [0.717, 1.165) is 46.6 Å². The van der Waals surface area contributed by atoms with Gasteiger partial charge >= 0.3 is 5.97 Å². The third kappa shape index (κ3) is 9.74. The number of amides is 1. The van der Waals surface area contributed by atoms with Gasteiger partial charge in [0.15, 0.2) is 0 Å². The number of carbonyl (C=O) groups is 2. The first-order chi connectivity index (χ1) is 21.1. The Labute approximate surface area is 257 Å². The molecule has 0 bridgehead atoms. The van der Waals surface area contributed by atoms with E-state index in [-0.39, 0.29) is 12.3 Å². The summed E-state index contributed by atoms with van der Waals surface area (Å²) >= 11 is 0. The van der Waals surface area contributed by atoms with E-state index in [9.17, 15) is 14.7 Å². The lowest BCUT2D eigenvalue weighted by Crippen LogP contribution is -2.47. The molecule has 4 rings (SSSR count). The molecular weight excluding hydrogens is 534 g/mol. The minimum Gasteiger partial charge on any atom is -0.480 e. The number of unbranched alkanes of at least 4 members (excludes halogenated alkanes) is 14. The minimum absolute atomic E-state index is 0.145. The number of carbonyl (C=O) groups excluding carboxylic acids is 1. The number of nitrogens with zero attached hydrogens (tertiary/aromatic N) is 1. The summed E-state index contributed by atoms with van der Waals surface area (Å²) in [6.45, 7) is 2.27.